The second-order valence-electron chi connectivity index (χ2n) is 9.17. The summed E-state index contributed by atoms with van der Waals surface area (Å²) in [5.41, 5.74) is 2.53. The Labute approximate surface area is 199 Å². The van der Waals surface area contributed by atoms with Crippen LogP contribution in [0.15, 0.2) is 24.3 Å². The second-order valence-corrected chi connectivity index (χ2v) is 10.3. The third kappa shape index (κ3) is 5.77. The van der Waals surface area contributed by atoms with Gasteiger partial charge in [-0.25, -0.2) is 4.79 Å². The average molecular weight is 472 g/mol. The maximum atomic E-state index is 12.8. The van der Waals surface area contributed by atoms with E-state index in [4.69, 9.17) is 14.2 Å². The lowest BCUT2D eigenvalue weighted by Gasteiger charge is -2.33. The fraction of sp³-hybridized carbons (Fsp3) is 0.462. The normalized spacial score (nSPS) is 15.8. The molecule has 0 bridgehead atoms. The molecular formula is C26H33NO5S. The van der Waals surface area contributed by atoms with E-state index in [2.05, 4.69) is 26.1 Å². The van der Waals surface area contributed by atoms with Crippen molar-refractivity contribution in [1.29, 1.82) is 0 Å². The minimum Gasteiger partial charge on any atom is -0.493 e. The molecule has 2 aromatic rings. The monoisotopic (exact) mass is 471 g/mol. The molecule has 178 valence electrons. The van der Waals surface area contributed by atoms with E-state index in [1.807, 2.05) is 6.07 Å². The Morgan fingerprint density at radius 1 is 1.18 bits per heavy atom. The summed E-state index contributed by atoms with van der Waals surface area (Å²) >= 11 is 1.49. The van der Waals surface area contributed by atoms with Crippen molar-refractivity contribution >= 4 is 34.3 Å². The average Bonchev–Trinajstić information content (AvgIpc) is 3.14. The number of rotatable bonds is 7. The summed E-state index contributed by atoms with van der Waals surface area (Å²) in [6.07, 6.45) is 5.90. The summed E-state index contributed by atoms with van der Waals surface area (Å²) in [5.74, 6) is 1.07. The third-order valence-corrected chi connectivity index (χ3v) is 7.21. The minimum atomic E-state index is -0.372. The molecule has 33 heavy (non-hydrogen) atoms. The number of fused-ring (bicyclic) bond motifs is 1. The van der Waals surface area contributed by atoms with Crippen LogP contribution in [0, 0.1) is 11.3 Å². The quantitative estimate of drug-likeness (QED) is 0.411. The van der Waals surface area contributed by atoms with Gasteiger partial charge in [0, 0.05) is 11.0 Å². The van der Waals surface area contributed by atoms with Crippen LogP contribution in [-0.4, -0.2) is 32.7 Å². The highest BCUT2D eigenvalue weighted by Crippen LogP contribution is 2.44. The number of amides is 1. The highest BCUT2D eigenvalue weighted by atomic mass is 32.1. The van der Waals surface area contributed by atoms with E-state index in [9.17, 15) is 9.59 Å². The van der Waals surface area contributed by atoms with Crippen LogP contribution >= 0.6 is 11.3 Å². The van der Waals surface area contributed by atoms with Gasteiger partial charge in [-0.1, -0.05) is 26.8 Å². The van der Waals surface area contributed by atoms with Gasteiger partial charge >= 0.3 is 5.97 Å². The summed E-state index contributed by atoms with van der Waals surface area (Å²) in [7, 11) is 3.14. The highest BCUT2D eigenvalue weighted by Gasteiger charge is 2.34. The summed E-state index contributed by atoms with van der Waals surface area (Å²) in [5, 5.41) is 3.48. The van der Waals surface area contributed by atoms with Gasteiger partial charge in [-0.3, -0.25) is 4.79 Å². The van der Waals surface area contributed by atoms with Crippen molar-refractivity contribution in [2.45, 2.75) is 47.0 Å². The van der Waals surface area contributed by atoms with Crippen LogP contribution in [0.2, 0.25) is 0 Å². The predicted molar refractivity (Wildman–Crippen MR) is 132 cm³/mol. The molecule has 7 heteroatoms. The van der Waals surface area contributed by atoms with Gasteiger partial charge in [0.1, 0.15) is 5.00 Å². The van der Waals surface area contributed by atoms with E-state index in [0.717, 1.165) is 30.4 Å². The van der Waals surface area contributed by atoms with E-state index in [-0.39, 0.29) is 17.3 Å². The molecular weight excluding hydrogens is 438 g/mol. The van der Waals surface area contributed by atoms with Gasteiger partial charge in [0.15, 0.2) is 11.5 Å². The number of esters is 1. The number of nitrogens with one attached hydrogen (secondary N) is 1. The lowest BCUT2D eigenvalue weighted by Crippen LogP contribution is -2.26. The van der Waals surface area contributed by atoms with Gasteiger partial charge < -0.3 is 19.5 Å². The zero-order valence-electron chi connectivity index (χ0n) is 20.2. The number of hydrogen-bond donors (Lipinski definition) is 1. The molecule has 1 aliphatic rings. The molecule has 1 atom stereocenters. The fourth-order valence-electron chi connectivity index (χ4n) is 4.11. The first-order valence-corrected chi connectivity index (χ1v) is 12.0. The fourth-order valence-corrected chi connectivity index (χ4v) is 5.43. The van der Waals surface area contributed by atoms with Gasteiger partial charge in [-0.15, -0.1) is 11.3 Å². The van der Waals surface area contributed by atoms with E-state index >= 15 is 0 Å². The first-order chi connectivity index (χ1) is 15.7. The molecule has 1 amide bonds. The second kappa shape index (κ2) is 10.4. The number of anilines is 1. The van der Waals surface area contributed by atoms with Crippen molar-refractivity contribution in [2.24, 2.45) is 11.3 Å². The third-order valence-electron chi connectivity index (χ3n) is 6.04. The summed E-state index contributed by atoms with van der Waals surface area (Å²) in [6, 6.07) is 5.42. The highest BCUT2D eigenvalue weighted by molar-refractivity contribution is 7.17. The number of carbonyl (C=O) groups excluding carboxylic acids is 2. The predicted octanol–water partition coefficient (Wildman–Crippen LogP) is 5.74. The molecule has 0 unspecified atom stereocenters. The standard InChI is InChI=1S/C26H33NO5S/c1-7-32-25(29)23-18-11-10-17(26(2,3)4)15-21(18)33-24(23)27-22(28)13-9-16-8-12-19(30-5)20(14-16)31-6/h8-9,12-14,17H,7,10-11,15H2,1-6H3,(H,27,28)/b13-9-/t17-/m0/s1. The Kier molecular flexibility index (Phi) is 7.84. The van der Waals surface area contributed by atoms with Crippen molar-refractivity contribution in [1.82, 2.24) is 0 Å². The molecule has 0 aliphatic heterocycles. The van der Waals surface area contributed by atoms with Gasteiger partial charge in [0.05, 0.1) is 26.4 Å². The topological polar surface area (TPSA) is 73.9 Å². The van der Waals surface area contributed by atoms with Gasteiger partial charge in [-0.2, -0.15) is 0 Å². The number of hydrogen-bond acceptors (Lipinski definition) is 6. The van der Waals surface area contributed by atoms with Crippen molar-refractivity contribution in [3.63, 3.8) is 0 Å². The number of thiophene rings is 1. The van der Waals surface area contributed by atoms with Gasteiger partial charge in [0.25, 0.3) is 0 Å². The molecule has 0 saturated heterocycles. The van der Waals surface area contributed by atoms with Gasteiger partial charge in [-0.05, 0) is 66.9 Å². The number of benzene rings is 1. The first kappa shape index (κ1) is 24.8. The summed E-state index contributed by atoms with van der Waals surface area (Å²) in [6.45, 7) is 8.84. The maximum Gasteiger partial charge on any atom is 0.341 e. The van der Waals surface area contributed by atoms with Crippen molar-refractivity contribution in [2.75, 3.05) is 26.1 Å². The molecule has 1 aromatic heterocycles. The molecule has 0 radical (unpaired) electrons. The molecule has 0 fully saturated rings. The largest absolute Gasteiger partial charge is 0.493 e. The lowest BCUT2D eigenvalue weighted by atomic mass is 9.72. The van der Waals surface area contributed by atoms with Crippen LogP contribution in [0.5, 0.6) is 11.5 Å². The molecule has 0 saturated carbocycles. The van der Waals surface area contributed by atoms with E-state index < -0.39 is 0 Å². The van der Waals surface area contributed by atoms with Crippen molar-refractivity contribution in [3.8, 4) is 11.5 Å². The molecule has 1 N–H and O–H groups in total. The SMILES string of the molecule is CCOC(=O)c1c(NC(=O)/C=C\c2ccc(OC)c(OC)c2)sc2c1CC[C@H](C(C)(C)C)C2. The maximum absolute atomic E-state index is 12.8. The minimum absolute atomic E-state index is 0.192. The first-order valence-electron chi connectivity index (χ1n) is 11.2. The Balaban J connectivity index is 1.84. The van der Waals surface area contributed by atoms with E-state index in [1.165, 1.54) is 22.3 Å². The molecule has 3 rings (SSSR count). The molecule has 6 nitrogen and oxygen atoms in total. The molecule has 1 aliphatic carbocycles. The molecule has 0 spiro atoms. The smallest absolute Gasteiger partial charge is 0.341 e. The zero-order chi connectivity index (χ0) is 24.2. The van der Waals surface area contributed by atoms with Crippen LogP contribution in [0.25, 0.3) is 6.08 Å². The number of ether oxygens (including phenoxy) is 3. The van der Waals surface area contributed by atoms with Crippen LogP contribution in [0.4, 0.5) is 5.00 Å². The van der Waals surface area contributed by atoms with Crippen LogP contribution in [0.3, 0.4) is 0 Å². The summed E-state index contributed by atoms with van der Waals surface area (Å²) in [4.78, 5) is 26.7. The Hall–Kier alpha value is -2.80. The lowest BCUT2D eigenvalue weighted by molar-refractivity contribution is -0.111. The Morgan fingerprint density at radius 2 is 1.91 bits per heavy atom. The van der Waals surface area contributed by atoms with Crippen molar-refractivity contribution < 1.29 is 23.8 Å². The van der Waals surface area contributed by atoms with Crippen LogP contribution in [0.1, 0.15) is 60.5 Å². The molecule has 1 aromatic carbocycles. The van der Waals surface area contributed by atoms with Crippen molar-refractivity contribution in [3.05, 3.63) is 45.8 Å². The van der Waals surface area contributed by atoms with Crippen LogP contribution < -0.4 is 14.8 Å². The van der Waals surface area contributed by atoms with E-state index in [1.54, 1.807) is 39.4 Å². The van der Waals surface area contributed by atoms with Crippen LogP contribution in [-0.2, 0) is 22.4 Å². The van der Waals surface area contributed by atoms with E-state index in [0.29, 0.717) is 34.6 Å². The van der Waals surface area contributed by atoms with Gasteiger partial charge in [0.2, 0.25) is 5.91 Å². The Morgan fingerprint density at radius 3 is 2.55 bits per heavy atom. The number of carbonyl (C=O) groups is 2. The number of methoxy groups -OCH3 is 2. The Bertz CT molecular complexity index is 1050. The molecule has 1 heterocycles. The zero-order valence-corrected chi connectivity index (χ0v) is 21.1. The summed E-state index contributed by atoms with van der Waals surface area (Å²) < 4.78 is 15.9.